The maximum absolute atomic E-state index is 11.6. The molecule has 0 aromatic carbocycles. The van der Waals surface area contributed by atoms with Crippen LogP contribution in [0.2, 0.25) is 0 Å². The number of ketones is 1. The lowest BCUT2D eigenvalue weighted by Gasteiger charge is -2.21. The average molecular weight is 201 g/mol. The molecule has 0 saturated carbocycles. The normalized spacial score (nSPS) is 15.0. The molecule has 82 valence electrons. The number of hydrogen-bond acceptors (Lipinski definition) is 3. The van der Waals surface area contributed by atoms with E-state index < -0.39 is 12.1 Å². The highest BCUT2D eigenvalue weighted by Gasteiger charge is 2.26. The Kier molecular flexibility index (Phi) is 5.38. The fourth-order valence-corrected chi connectivity index (χ4v) is 1.06. The largest absolute Gasteiger partial charge is 0.391 e. The summed E-state index contributed by atoms with van der Waals surface area (Å²) in [6.45, 7) is 6.70. The van der Waals surface area contributed by atoms with Gasteiger partial charge in [-0.25, -0.2) is 0 Å². The highest BCUT2D eigenvalue weighted by Crippen LogP contribution is 2.04. The van der Waals surface area contributed by atoms with Crippen LogP contribution in [0.1, 0.15) is 34.1 Å². The lowest BCUT2D eigenvalue weighted by molar-refractivity contribution is -0.131. The van der Waals surface area contributed by atoms with Crippen LogP contribution in [0, 0.1) is 5.92 Å². The predicted molar refractivity (Wildman–Crippen MR) is 53.7 cm³/mol. The predicted octanol–water partition coefficient (Wildman–Crippen LogP) is 0.487. The third kappa shape index (κ3) is 3.87. The molecule has 0 aromatic heterocycles. The zero-order chi connectivity index (χ0) is 11.3. The number of carbonyl (C=O) groups excluding carboxylic acids is 2. The first kappa shape index (κ1) is 13.1. The van der Waals surface area contributed by atoms with Crippen LogP contribution in [0.5, 0.6) is 0 Å². The SMILES string of the molecule is CCC(=O)N[C@H](C(=O)C(C)C)[C@H](C)O. The number of amides is 1. The Morgan fingerprint density at radius 2 is 1.79 bits per heavy atom. The topological polar surface area (TPSA) is 66.4 Å². The van der Waals surface area contributed by atoms with Gasteiger partial charge >= 0.3 is 0 Å². The molecule has 4 heteroatoms. The van der Waals surface area contributed by atoms with Crippen molar-refractivity contribution in [1.29, 1.82) is 0 Å². The maximum Gasteiger partial charge on any atom is 0.220 e. The Morgan fingerprint density at radius 3 is 2.07 bits per heavy atom. The van der Waals surface area contributed by atoms with Gasteiger partial charge in [-0.3, -0.25) is 9.59 Å². The number of aliphatic hydroxyl groups is 1. The molecule has 4 nitrogen and oxygen atoms in total. The van der Waals surface area contributed by atoms with Gasteiger partial charge in [-0.1, -0.05) is 20.8 Å². The van der Waals surface area contributed by atoms with Crippen molar-refractivity contribution in [3.8, 4) is 0 Å². The second-order valence-electron chi connectivity index (χ2n) is 3.70. The van der Waals surface area contributed by atoms with Gasteiger partial charge in [0.15, 0.2) is 5.78 Å². The summed E-state index contributed by atoms with van der Waals surface area (Å²) < 4.78 is 0. The van der Waals surface area contributed by atoms with Crippen molar-refractivity contribution < 1.29 is 14.7 Å². The van der Waals surface area contributed by atoms with Gasteiger partial charge in [0.25, 0.3) is 0 Å². The smallest absolute Gasteiger partial charge is 0.220 e. The van der Waals surface area contributed by atoms with Gasteiger partial charge in [-0.05, 0) is 6.92 Å². The molecule has 14 heavy (non-hydrogen) atoms. The summed E-state index contributed by atoms with van der Waals surface area (Å²) in [6, 6.07) is -0.776. The third-order valence-electron chi connectivity index (χ3n) is 2.00. The molecule has 2 atom stereocenters. The Labute approximate surface area is 84.7 Å². The van der Waals surface area contributed by atoms with Crippen LogP contribution in [0.15, 0.2) is 0 Å². The summed E-state index contributed by atoms with van der Waals surface area (Å²) >= 11 is 0. The van der Waals surface area contributed by atoms with Gasteiger partial charge < -0.3 is 10.4 Å². The lowest BCUT2D eigenvalue weighted by Crippen LogP contribution is -2.49. The van der Waals surface area contributed by atoms with Crippen LogP contribution in [-0.2, 0) is 9.59 Å². The van der Waals surface area contributed by atoms with E-state index in [-0.39, 0.29) is 17.6 Å². The molecule has 1 amide bonds. The van der Waals surface area contributed by atoms with Crippen LogP contribution >= 0.6 is 0 Å². The molecule has 2 N–H and O–H groups in total. The van der Waals surface area contributed by atoms with Crippen molar-refractivity contribution in [2.24, 2.45) is 5.92 Å². The molecule has 0 aromatic rings. The van der Waals surface area contributed by atoms with E-state index in [0.29, 0.717) is 6.42 Å². The van der Waals surface area contributed by atoms with Crippen LogP contribution < -0.4 is 5.32 Å². The van der Waals surface area contributed by atoms with E-state index in [4.69, 9.17) is 0 Å². The van der Waals surface area contributed by atoms with Crippen molar-refractivity contribution >= 4 is 11.7 Å². The summed E-state index contributed by atoms with van der Waals surface area (Å²) in [4.78, 5) is 22.6. The van der Waals surface area contributed by atoms with Crippen LogP contribution in [0.25, 0.3) is 0 Å². The summed E-state index contributed by atoms with van der Waals surface area (Å²) in [7, 11) is 0. The highest BCUT2D eigenvalue weighted by molar-refractivity contribution is 5.90. The van der Waals surface area contributed by atoms with Crippen molar-refractivity contribution in [3.05, 3.63) is 0 Å². The van der Waals surface area contributed by atoms with Crippen LogP contribution in [-0.4, -0.2) is 28.9 Å². The van der Waals surface area contributed by atoms with Crippen molar-refractivity contribution in [2.75, 3.05) is 0 Å². The van der Waals surface area contributed by atoms with E-state index in [9.17, 15) is 14.7 Å². The minimum absolute atomic E-state index is 0.137. The van der Waals surface area contributed by atoms with E-state index in [1.165, 1.54) is 6.92 Å². The molecule has 0 aliphatic heterocycles. The fraction of sp³-hybridized carbons (Fsp3) is 0.800. The zero-order valence-electron chi connectivity index (χ0n) is 9.20. The van der Waals surface area contributed by atoms with E-state index in [2.05, 4.69) is 5.32 Å². The van der Waals surface area contributed by atoms with Gasteiger partial charge in [0.2, 0.25) is 5.91 Å². The quantitative estimate of drug-likeness (QED) is 0.680. The first-order valence-corrected chi connectivity index (χ1v) is 4.91. The molecule has 0 radical (unpaired) electrons. The maximum atomic E-state index is 11.6. The number of nitrogens with one attached hydrogen (secondary N) is 1. The Balaban J connectivity index is 4.45. The second-order valence-corrected chi connectivity index (χ2v) is 3.70. The molecule has 0 aliphatic carbocycles. The Bertz CT molecular complexity index is 211. The first-order valence-electron chi connectivity index (χ1n) is 4.91. The molecule has 0 fully saturated rings. The molecule has 0 heterocycles. The van der Waals surface area contributed by atoms with Crippen molar-refractivity contribution in [2.45, 2.75) is 46.3 Å². The van der Waals surface area contributed by atoms with Crippen molar-refractivity contribution in [1.82, 2.24) is 5.32 Å². The molecular weight excluding hydrogens is 182 g/mol. The summed E-state index contributed by atoms with van der Waals surface area (Å²) in [5.41, 5.74) is 0. The summed E-state index contributed by atoms with van der Waals surface area (Å²) in [5.74, 6) is -0.543. The van der Waals surface area contributed by atoms with E-state index in [0.717, 1.165) is 0 Å². The van der Waals surface area contributed by atoms with Gasteiger partial charge in [0, 0.05) is 12.3 Å². The Morgan fingerprint density at radius 1 is 1.29 bits per heavy atom. The van der Waals surface area contributed by atoms with Gasteiger partial charge in [-0.2, -0.15) is 0 Å². The van der Waals surface area contributed by atoms with Gasteiger partial charge in [0.05, 0.1) is 6.10 Å². The molecule has 0 unspecified atom stereocenters. The molecule has 0 saturated heterocycles. The number of rotatable bonds is 5. The van der Waals surface area contributed by atoms with E-state index in [1.807, 2.05) is 0 Å². The Hall–Kier alpha value is -0.900. The lowest BCUT2D eigenvalue weighted by atomic mass is 9.98. The number of Topliss-reactive ketones (excluding diaryl/α,β-unsaturated/α-hetero) is 1. The summed E-state index contributed by atoms with van der Waals surface area (Å²) in [5, 5.41) is 11.8. The molecule has 0 spiro atoms. The molecule has 0 rings (SSSR count). The average Bonchev–Trinajstić information content (AvgIpc) is 2.11. The fourth-order valence-electron chi connectivity index (χ4n) is 1.06. The zero-order valence-corrected chi connectivity index (χ0v) is 9.20. The first-order chi connectivity index (χ1) is 6.40. The van der Waals surface area contributed by atoms with Crippen LogP contribution in [0.4, 0.5) is 0 Å². The standard InChI is InChI=1S/C10H19NO3/c1-5-8(13)11-9(7(4)12)10(14)6(2)3/h6-7,9,12H,5H2,1-4H3,(H,11,13)/t7-,9-/m0/s1. The van der Waals surface area contributed by atoms with Gasteiger partial charge in [-0.15, -0.1) is 0 Å². The third-order valence-corrected chi connectivity index (χ3v) is 2.00. The van der Waals surface area contributed by atoms with E-state index in [1.54, 1.807) is 20.8 Å². The molecule has 0 aliphatic rings. The van der Waals surface area contributed by atoms with Crippen LogP contribution in [0.3, 0.4) is 0 Å². The minimum atomic E-state index is -0.847. The number of carbonyl (C=O) groups is 2. The molecular formula is C10H19NO3. The minimum Gasteiger partial charge on any atom is -0.391 e. The number of aliphatic hydroxyl groups excluding tert-OH is 1. The van der Waals surface area contributed by atoms with Gasteiger partial charge in [0.1, 0.15) is 6.04 Å². The van der Waals surface area contributed by atoms with Crippen molar-refractivity contribution in [3.63, 3.8) is 0 Å². The highest BCUT2D eigenvalue weighted by atomic mass is 16.3. The molecule has 0 bridgehead atoms. The number of hydrogen-bond donors (Lipinski definition) is 2. The summed E-state index contributed by atoms with van der Waals surface area (Å²) in [6.07, 6.45) is -0.533. The monoisotopic (exact) mass is 201 g/mol. The van der Waals surface area contributed by atoms with E-state index >= 15 is 0 Å². The second kappa shape index (κ2) is 5.75.